The Balaban J connectivity index is 4.01. The van der Waals surface area contributed by atoms with Crippen molar-refractivity contribution in [1.82, 2.24) is 5.32 Å². The highest BCUT2D eigenvalue weighted by molar-refractivity contribution is 6.03. The average molecular weight is 198 g/mol. The number of nitrogens with two attached hydrogens (primary N) is 1. The molecule has 0 unspecified atom stereocenters. The minimum atomic E-state index is -0.801. The topological polar surface area (TPSA) is 72.2 Å². The van der Waals surface area contributed by atoms with Gasteiger partial charge >= 0.3 is 6.03 Å². The maximum atomic E-state index is 11.3. The van der Waals surface area contributed by atoms with E-state index >= 15 is 0 Å². The summed E-state index contributed by atoms with van der Waals surface area (Å²) in [5.41, 5.74) is 5.47. The molecule has 80 valence electrons. The van der Waals surface area contributed by atoms with E-state index in [1.54, 1.807) is 13.0 Å². The van der Waals surface area contributed by atoms with E-state index in [4.69, 9.17) is 5.73 Å². The fraction of sp³-hybridized carbons (Fsp3) is 0.600. The van der Waals surface area contributed by atoms with Crippen LogP contribution in [-0.2, 0) is 4.79 Å². The largest absolute Gasteiger partial charge is 0.351 e. The van der Waals surface area contributed by atoms with E-state index in [-0.39, 0.29) is 5.91 Å². The quantitative estimate of drug-likeness (QED) is 0.521. The van der Waals surface area contributed by atoms with E-state index in [9.17, 15) is 9.59 Å². The number of imide groups is 1. The predicted octanol–water partition coefficient (Wildman–Crippen LogP) is 1.71. The average Bonchev–Trinajstić information content (AvgIpc) is 2.11. The number of rotatable bonds is 5. The molecule has 4 heteroatoms. The molecule has 0 heterocycles. The van der Waals surface area contributed by atoms with Crippen molar-refractivity contribution in [3.63, 3.8) is 0 Å². The number of hydrogen-bond acceptors (Lipinski definition) is 2. The van der Waals surface area contributed by atoms with Gasteiger partial charge in [-0.2, -0.15) is 0 Å². The molecular formula is C10H18N2O2. The third-order valence-corrected chi connectivity index (χ3v) is 1.93. The molecule has 0 aliphatic heterocycles. The van der Waals surface area contributed by atoms with Gasteiger partial charge in [0.1, 0.15) is 0 Å². The van der Waals surface area contributed by atoms with Gasteiger partial charge in [0.2, 0.25) is 0 Å². The fourth-order valence-electron chi connectivity index (χ4n) is 1.15. The molecule has 0 atom stereocenters. The van der Waals surface area contributed by atoms with Gasteiger partial charge in [-0.25, -0.2) is 4.79 Å². The minimum Gasteiger partial charge on any atom is -0.351 e. The molecule has 0 aliphatic carbocycles. The molecule has 0 radical (unpaired) electrons. The van der Waals surface area contributed by atoms with E-state index in [1.807, 2.05) is 0 Å². The summed E-state index contributed by atoms with van der Waals surface area (Å²) in [7, 11) is 0. The van der Waals surface area contributed by atoms with Gasteiger partial charge in [-0.1, -0.05) is 25.8 Å². The van der Waals surface area contributed by atoms with Crippen LogP contribution in [0.1, 0.15) is 39.5 Å². The molecule has 0 aromatic rings. The molecule has 0 fully saturated rings. The second-order valence-corrected chi connectivity index (χ2v) is 3.09. The minimum absolute atomic E-state index is 0.379. The SMILES string of the molecule is C/C=C(\CCCCC)C(=O)NC(N)=O. The highest BCUT2D eigenvalue weighted by Gasteiger charge is 2.09. The van der Waals surface area contributed by atoms with Gasteiger partial charge < -0.3 is 5.73 Å². The van der Waals surface area contributed by atoms with Crippen molar-refractivity contribution in [1.29, 1.82) is 0 Å². The van der Waals surface area contributed by atoms with Crippen LogP contribution in [-0.4, -0.2) is 11.9 Å². The Labute approximate surface area is 84.5 Å². The lowest BCUT2D eigenvalue weighted by molar-refractivity contribution is -0.116. The maximum absolute atomic E-state index is 11.3. The molecule has 0 saturated heterocycles. The molecule has 14 heavy (non-hydrogen) atoms. The van der Waals surface area contributed by atoms with Gasteiger partial charge in [0, 0.05) is 5.57 Å². The Morgan fingerprint density at radius 3 is 2.43 bits per heavy atom. The van der Waals surface area contributed by atoms with Gasteiger partial charge in [0.05, 0.1) is 0 Å². The first-order chi connectivity index (χ1) is 6.61. The Morgan fingerprint density at radius 1 is 1.36 bits per heavy atom. The van der Waals surface area contributed by atoms with Gasteiger partial charge in [-0.05, 0) is 19.8 Å². The lowest BCUT2D eigenvalue weighted by Crippen LogP contribution is -2.35. The Morgan fingerprint density at radius 2 is 2.00 bits per heavy atom. The number of urea groups is 1. The summed E-state index contributed by atoms with van der Waals surface area (Å²) in [6, 6.07) is -0.801. The van der Waals surface area contributed by atoms with Gasteiger partial charge in [0.25, 0.3) is 5.91 Å². The number of hydrogen-bond donors (Lipinski definition) is 2. The number of carbonyl (C=O) groups is 2. The normalized spacial score (nSPS) is 11.1. The summed E-state index contributed by atoms with van der Waals surface area (Å²) in [6.45, 7) is 3.88. The van der Waals surface area contributed by atoms with Crippen LogP contribution >= 0.6 is 0 Å². The Hall–Kier alpha value is -1.32. The molecular weight excluding hydrogens is 180 g/mol. The predicted molar refractivity (Wildman–Crippen MR) is 55.6 cm³/mol. The Bertz CT molecular complexity index is 234. The highest BCUT2D eigenvalue weighted by atomic mass is 16.2. The number of carbonyl (C=O) groups excluding carboxylic acids is 2. The van der Waals surface area contributed by atoms with Crippen molar-refractivity contribution in [2.45, 2.75) is 39.5 Å². The molecule has 0 saturated carbocycles. The summed E-state index contributed by atoms with van der Waals surface area (Å²) in [5, 5.41) is 2.05. The van der Waals surface area contributed by atoms with E-state index in [1.165, 1.54) is 0 Å². The van der Waals surface area contributed by atoms with Crippen LogP contribution in [0, 0.1) is 0 Å². The molecule has 0 aliphatic rings. The molecule has 0 aromatic carbocycles. The molecule has 0 rings (SSSR count). The summed E-state index contributed by atoms with van der Waals surface area (Å²) >= 11 is 0. The van der Waals surface area contributed by atoms with Crippen molar-refractivity contribution in [3.05, 3.63) is 11.6 Å². The van der Waals surface area contributed by atoms with Crippen LogP contribution < -0.4 is 11.1 Å². The van der Waals surface area contributed by atoms with Crippen molar-refractivity contribution in [2.75, 3.05) is 0 Å². The Kier molecular flexibility index (Phi) is 6.45. The van der Waals surface area contributed by atoms with Crippen LogP contribution in [0.4, 0.5) is 4.79 Å². The van der Waals surface area contributed by atoms with Gasteiger partial charge in [0.15, 0.2) is 0 Å². The molecule has 3 N–H and O–H groups in total. The number of primary amides is 1. The van der Waals surface area contributed by atoms with Crippen LogP contribution in [0.5, 0.6) is 0 Å². The third-order valence-electron chi connectivity index (χ3n) is 1.93. The van der Waals surface area contributed by atoms with Gasteiger partial charge in [-0.3, -0.25) is 10.1 Å². The molecule has 0 aromatic heterocycles. The zero-order valence-electron chi connectivity index (χ0n) is 8.80. The lowest BCUT2D eigenvalue weighted by atomic mass is 10.1. The molecule has 3 amide bonds. The first-order valence-electron chi connectivity index (χ1n) is 4.87. The third kappa shape index (κ3) is 5.35. The smallest absolute Gasteiger partial charge is 0.319 e. The fourth-order valence-corrected chi connectivity index (χ4v) is 1.15. The standard InChI is InChI=1S/C10H18N2O2/c1-3-5-6-7-8(4-2)9(13)12-10(11)14/h4H,3,5-7H2,1-2H3,(H3,11,12,13,14)/b8-4+. The number of allylic oxidation sites excluding steroid dienone is 1. The van der Waals surface area contributed by atoms with E-state index < -0.39 is 6.03 Å². The first kappa shape index (κ1) is 12.7. The summed E-state index contributed by atoms with van der Waals surface area (Å²) < 4.78 is 0. The van der Waals surface area contributed by atoms with Crippen LogP contribution in [0.15, 0.2) is 11.6 Å². The molecule has 0 spiro atoms. The first-order valence-corrected chi connectivity index (χ1v) is 4.87. The summed E-state index contributed by atoms with van der Waals surface area (Å²) in [6.07, 6.45) is 5.56. The van der Waals surface area contributed by atoms with Crippen molar-refractivity contribution in [2.24, 2.45) is 5.73 Å². The second kappa shape index (κ2) is 7.12. The van der Waals surface area contributed by atoms with Crippen molar-refractivity contribution in [3.8, 4) is 0 Å². The van der Waals surface area contributed by atoms with Crippen LogP contribution in [0.25, 0.3) is 0 Å². The van der Waals surface area contributed by atoms with Gasteiger partial charge in [-0.15, -0.1) is 0 Å². The lowest BCUT2D eigenvalue weighted by Gasteiger charge is -2.05. The molecule has 0 bridgehead atoms. The maximum Gasteiger partial charge on any atom is 0.319 e. The van der Waals surface area contributed by atoms with Crippen LogP contribution in [0.3, 0.4) is 0 Å². The zero-order chi connectivity index (χ0) is 11.0. The number of nitrogens with one attached hydrogen (secondary N) is 1. The zero-order valence-corrected chi connectivity index (χ0v) is 8.80. The van der Waals surface area contributed by atoms with E-state index in [0.29, 0.717) is 12.0 Å². The summed E-state index contributed by atoms with van der Waals surface area (Å²) in [5.74, 6) is -0.379. The molecule has 4 nitrogen and oxygen atoms in total. The monoisotopic (exact) mass is 198 g/mol. The number of unbranched alkanes of at least 4 members (excludes halogenated alkanes) is 2. The van der Waals surface area contributed by atoms with Crippen LogP contribution in [0.2, 0.25) is 0 Å². The number of amides is 3. The van der Waals surface area contributed by atoms with Crippen molar-refractivity contribution >= 4 is 11.9 Å². The van der Waals surface area contributed by atoms with Crippen molar-refractivity contribution < 1.29 is 9.59 Å². The van der Waals surface area contributed by atoms with E-state index in [0.717, 1.165) is 19.3 Å². The highest BCUT2D eigenvalue weighted by Crippen LogP contribution is 2.08. The second-order valence-electron chi connectivity index (χ2n) is 3.09. The van der Waals surface area contributed by atoms with E-state index in [2.05, 4.69) is 12.2 Å². The summed E-state index contributed by atoms with van der Waals surface area (Å²) in [4.78, 5) is 21.7.